The molecule has 0 aromatic carbocycles. The molecule has 3 aliphatic heterocycles. The van der Waals surface area contributed by atoms with Crippen LogP contribution in [0.5, 0.6) is 0 Å². The van der Waals surface area contributed by atoms with Crippen LogP contribution in [0.1, 0.15) is 0 Å². The van der Waals surface area contributed by atoms with Crippen LogP contribution >= 0.6 is 14.3 Å². The molecule has 0 radical (unpaired) electrons. The Hall–Kier alpha value is -0.0600. The van der Waals surface area contributed by atoms with Gasteiger partial charge >= 0.3 is 0 Å². The Labute approximate surface area is 84.2 Å². The van der Waals surface area contributed by atoms with Gasteiger partial charge in [0, 0.05) is 22.9 Å². The lowest BCUT2D eigenvalue weighted by atomic mass is 9.94. The van der Waals surface area contributed by atoms with Gasteiger partial charge in [-0.2, -0.15) is 0 Å². The topological polar surface area (TPSA) is 34.1 Å². The van der Waals surface area contributed by atoms with E-state index in [0.29, 0.717) is 5.92 Å². The van der Waals surface area contributed by atoms with Crippen LogP contribution in [0.4, 0.5) is 0 Å². The molecule has 2 unspecified atom stereocenters. The number of allylic oxidation sites excluding steroid dienone is 3. The minimum absolute atomic E-state index is 0.100. The predicted octanol–water partition coefficient (Wildman–Crippen LogP) is 2.80. The zero-order chi connectivity index (χ0) is 10.1. The third-order valence-electron chi connectivity index (χ3n) is 4.02. The van der Waals surface area contributed by atoms with Crippen molar-refractivity contribution in [2.75, 3.05) is 13.3 Å². The molecule has 0 aromatic rings. The van der Waals surface area contributed by atoms with Gasteiger partial charge in [-0.15, -0.1) is 0 Å². The largest absolute Gasteiger partial charge is 0.323 e. The summed E-state index contributed by atoms with van der Waals surface area (Å²) < 4.78 is 24.7. The summed E-state index contributed by atoms with van der Waals surface area (Å²) in [5, 5.41) is 0. The Balaban J connectivity index is 2.18. The van der Waals surface area contributed by atoms with Gasteiger partial charge < -0.3 is 9.13 Å². The van der Waals surface area contributed by atoms with Crippen molar-refractivity contribution in [3.63, 3.8) is 0 Å². The van der Waals surface area contributed by atoms with Gasteiger partial charge in [0.2, 0.25) is 0 Å². The van der Waals surface area contributed by atoms with Crippen molar-refractivity contribution in [1.82, 2.24) is 0 Å². The Morgan fingerprint density at radius 1 is 1.00 bits per heavy atom. The first-order chi connectivity index (χ1) is 6.44. The summed E-state index contributed by atoms with van der Waals surface area (Å²) in [6, 6.07) is 0. The maximum Gasteiger partial charge on any atom is 0.110 e. The van der Waals surface area contributed by atoms with E-state index in [1.165, 1.54) is 0 Å². The van der Waals surface area contributed by atoms with Gasteiger partial charge in [-0.25, -0.2) is 0 Å². The molecule has 0 amide bonds. The monoisotopic (exact) mass is 228 g/mol. The summed E-state index contributed by atoms with van der Waals surface area (Å²) in [6.07, 6.45) is 6.19. The van der Waals surface area contributed by atoms with Gasteiger partial charge in [0.25, 0.3) is 0 Å². The van der Waals surface area contributed by atoms with Crippen LogP contribution in [0.15, 0.2) is 24.0 Å². The average molecular weight is 228 g/mol. The molecule has 0 aliphatic carbocycles. The summed E-state index contributed by atoms with van der Waals surface area (Å²) in [6.45, 7) is 3.72. The van der Waals surface area contributed by atoms with Gasteiger partial charge in [0.05, 0.1) is 7.14 Å². The lowest BCUT2D eigenvalue weighted by Gasteiger charge is -2.22. The van der Waals surface area contributed by atoms with Crippen molar-refractivity contribution < 1.29 is 9.13 Å². The summed E-state index contributed by atoms with van der Waals surface area (Å²) in [5.74, 6) is 2.19. The van der Waals surface area contributed by atoms with E-state index in [1.54, 1.807) is 0 Å². The number of fused-ring (bicyclic) bond motifs is 5. The van der Waals surface area contributed by atoms with Gasteiger partial charge in [0.15, 0.2) is 0 Å². The molecule has 76 valence electrons. The van der Waals surface area contributed by atoms with Crippen molar-refractivity contribution in [2.24, 2.45) is 5.92 Å². The summed E-state index contributed by atoms with van der Waals surface area (Å²) >= 11 is 0. The van der Waals surface area contributed by atoms with Crippen LogP contribution in [0.25, 0.3) is 0 Å². The van der Waals surface area contributed by atoms with Crippen molar-refractivity contribution in [2.45, 2.75) is 17.0 Å². The lowest BCUT2D eigenvalue weighted by Crippen LogP contribution is -2.23. The molecular weight excluding hydrogens is 214 g/mol. The smallest absolute Gasteiger partial charge is 0.110 e. The molecule has 3 aliphatic rings. The van der Waals surface area contributed by atoms with Crippen molar-refractivity contribution in [3.05, 3.63) is 24.0 Å². The molecule has 0 saturated carbocycles. The van der Waals surface area contributed by atoms with Crippen LogP contribution in [-0.4, -0.2) is 30.3 Å². The maximum atomic E-state index is 12.4. The lowest BCUT2D eigenvalue weighted by molar-refractivity contribution is 0.561. The number of hydrogen-bond acceptors (Lipinski definition) is 2. The van der Waals surface area contributed by atoms with E-state index in [0.717, 1.165) is 0 Å². The normalized spacial score (nSPS) is 63.6. The van der Waals surface area contributed by atoms with E-state index >= 15 is 0 Å². The first kappa shape index (κ1) is 9.19. The second kappa shape index (κ2) is 2.36. The van der Waals surface area contributed by atoms with Gasteiger partial charge in [0.1, 0.15) is 7.14 Å². The molecule has 2 nitrogen and oxygen atoms in total. The van der Waals surface area contributed by atoms with Crippen molar-refractivity contribution in [1.29, 1.82) is 0 Å². The summed E-state index contributed by atoms with van der Waals surface area (Å²) in [7, 11) is -4.28. The molecular formula is C10H14O2P2. The molecule has 0 N–H and O–H groups in total. The molecule has 6 atom stereocenters. The first-order valence-corrected chi connectivity index (χ1v) is 9.54. The van der Waals surface area contributed by atoms with Crippen LogP contribution < -0.4 is 0 Å². The fourth-order valence-corrected chi connectivity index (χ4v) is 10.5. The van der Waals surface area contributed by atoms with E-state index in [9.17, 15) is 9.13 Å². The second-order valence-corrected chi connectivity index (χ2v) is 11.2. The zero-order valence-corrected chi connectivity index (χ0v) is 10.1. The third kappa shape index (κ3) is 0.853. The molecule has 4 heteroatoms. The molecule has 2 bridgehead atoms. The third-order valence-corrected chi connectivity index (χ3v) is 10.3. The van der Waals surface area contributed by atoms with E-state index in [-0.39, 0.29) is 17.0 Å². The standard InChI is InChI=1S/C10H14O2P2/c1-13(11)6-5-7-8-3-4-9(10(7)13)14(8,2)12/h3-10H,1-2H3/t7-,8+,9-,10-,13?,14?/m0/s1. The van der Waals surface area contributed by atoms with Gasteiger partial charge in [-0.3, -0.25) is 0 Å². The SMILES string of the molecule is CP1(=O)C=C[C@@H]2[C@H]1[C@@H]1C=C[C@H]2P1(C)=O. The minimum atomic E-state index is -2.17. The molecule has 0 spiro atoms. The Bertz CT molecular complexity index is 449. The van der Waals surface area contributed by atoms with Crippen LogP contribution in [0, 0.1) is 5.92 Å². The highest BCUT2D eigenvalue weighted by Crippen LogP contribution is 2.77. The Morgan fingerprint density at radius 3 is 2.29 bits per heavy atom. The first-order valence-electron chi connectivity index (χ1n) is 4.96. The molecule has 1 fully saturated rings. The van der Waals surface area contributed by atoms with Crippen molar-refractivity contribution >= 4 is 14.3 Å². The van der Waals surface area contributed by atoms with Gasteiger partial charge in [-0.1, -0.05) is 18.2 Å². The van der Waals surface area contributed by atoms with E-state index in [4.69, 9.17) is 0 Å². The van der Waals surface area contributed by atoms with Crippen LogP contribution in [-0.2, 0) is 9.13 Å². The Kier molecular flexibility index (Phi) is 1.55. The summed E-state index contributed by atoms with van der Waals surface area (Å²) in [5.41, 5.74) is 0.446. The van der Waals surface area contributed by atoms with Crippen LogP contribution in [0.3, 0.4) is 0 Å². The molecule has 0 aromatic heterocycles. The number of hydrogen-bond donors (Lipinski definition) is 0. The molecule has 14 heavy (non-hydrogen) atoms. The van der Waals surface area contributed by atoms with E-state index in [2.05, 4.69) is 18.2 Å². The average Bonchev–Trinajstić information content (AvgIpc) is 2.61. The minimum Gasteiger partial charge on any atom is -0.323 e. The fourth-order valence-electron chi connectivity index (χ4n) is 3.33. The van der Waals surface area contributed by atoms with Crippen molar-refractivity contribution in [3.8, 4) is 0 Å². The molecule has 3 heterocycles. The highest BCUT2D eigenvalue weighted by atomic mass is 31.2. The molecule has 1 saturated heterocycles. The van der Waals surface area contributed by atoms with E-state index in [1.807, 2.05) is 19.1 Å². The predicted molar refractivity (Wildman–Crippen MR) is 60.2 cm³/mol. The number of rotatable bonds is 0. The zero-order valence-electron chi connectivity index (χ0n) is 8.33. The highest BCUT2D eigenvalue weighted by Gasteiger charge is 2.61. The quantitative estimate of drug-likeness (QED) is 0.472. The summed E-state index contributed by atoms with van der Waals surface area (Å²) in [4.78, 5) is 0. The van der Waals surface area contributed by atoms with Gasteiger partial charge in [-0.05, 0) is 19.1 Å². The van der Waals surface area contributed by atoms with Crippen LogP contribution in [0.2, 0.25) is 0 Å². The van der Waals surface area contributed by atoms with E-state index < -0.39 is 14.3 Å². The molecule has 3 rings (SSSR count). The maximum absolute atomic E-state index is 12.4. The Morgan fingerprint density at radius 2 is 1.64 bits per heavy atom. The fraction of sp³-hybridized carbons (Fsp3) is 0.600. The second-order valence-electron chi connectivity index (χ2n) is 4.89. The highest BCUT2D eigenvalue weighted by molar-refractivity contribution is 7.72.